The molecule has 1 N–H and O–H groups in total. The van der Waals surface area contributed by atoms with E-state index in [-0.39, 0.29) is 5.69 Å². The Bertz CT molecular complexity index is 651. The van der Waals surface area contributed by atoms with Gasteiger partial charge in [0.15, 0.2) is 0 Å². The van der Waals surface area contributed by atoms with Crippen molar-refractivity contribution in [3.63, 3.8) is 0 Å². The van der Waals surface area contributed by atoms with Gasteiger partial charge in [0.05, 0.1) is 14.9 Å². The molecule has 0 spiro atoms. The molecular weight excluding hydrogens is 355 g/mol. The lowest BCUT2D eigenvalue weighted by atomic mass is 10.1. The Morgan fingerprint density at radius 2 is 2.00 bits per heavy atom. The standard InChI is InChI=1S/C13H9BrF3NOS/c1-7-2-3-9(13(15,16)17)5-10(7)18-12(19)8-4-11(14)20-6-8/h2-6H,1H3,(H,18,19). The number of hydrogen-bond acceptors (Lipinski definition) is 2. The van der Waals surface area contributed by atoms with Gasteiger partial charge in [0.2, 0.25) is 0 Å². The van der Waals surface area contributed by atoms with Gasteiger partial charge in [-0.15, -0.1) is 11.3 Å². The molecule has 0 aliphatic carbocycles. The molecule has 0 aliphatic heterocycles. The van der Waals surface area contributed by atoms with Crippen molar-refractivity contribution in [3.8, 4) is 0 Å². The quantitative estimate of drug-likeness (QED) is 0.790. The van der Waals surface area contributed by atoms with E-state index < -0.39 is 17.6 Å². The van der Waals surface area contributed by atoms with E-state index in [0.29, 0.717) is 11.1 Å². The van der Waals surface area contributed by atoms with Gasteiger partial charge in [-0.3, -0.25) is 4.79 Å². The summed E-state index contributed by atoms with van der Waals surface area (Å²) in [7, 11) is 0. The van der Waals surface area contributed by atoms with Gasteiger partial charge in [0.25, 0.3) is 5.91 Å². The molecule has 1 heterocycles. The van der Waals surface area contributed by atoms with Crippen LogP contribution in [0.25, 0.3) is 0 Å². The molecule has 106 valence electrons. The van der Waals surface area contributed by atoms with Crippen LogP contribution in [-0.2, 0) is 6.18 Å². The fourth-order valence-electron chi connectivity index (χ4n) is 1.56. The summed E-state index contributed by atoms with van der Waals surface area (Å²) in [5.74, 6) is -0.436. The number of hydrogen-bond donors (Lipinski definition) is 1. The normalized spacial score (nSPS) is 11.4. The molecule has 0 bridgehead atoms. The summed E-state index contributed by atoms with van der Waals surface area (Å²) in [6.45, 7) is 1.64. The van der Waals surface area contributed by atoms with Gasteiger partial charge in [-0.25, -0.2) is 0 Å². The third-order valence-electron chi connectivity index (χ3n) is 2.64. The first-order valence-corrected chi connectivity index (χ1v) is 7.18. The topological polar surface area (TPSA) is 29.1 Å². The lowest BCUT2D eigenvalue weighted by Crippen LogP contribution is -2.13. The molecule has 2 rings (SSSR count). The van der Waals surface area contributed by atoms with Gasteiger partial charge in [-0.05, 0) is 46.6 Å². The fraction of sp³-hybridized carbons (Fsp3) is 0.154. The third-order valence-corrected chi connectivity index (χ3v) is 4.15. The van der Waals surface area contributed by atoms with Gasteiger partial charge in [-0.1, -0.05) is 6.07 Å². The van der Waals surface area contributed by atoms with Crippen LogP contribution in [0.3, 0.4) is 0 Å². The lowest BCUT2D eigenvalue weighted by molar-refractivity contribution is -0.137. The number of anilines is 1. The summed E-state index contributed by atoms with van der Waals surface area (Å²) < 4.78 is 38.7. The monoisotopic (exact) mass is 363 g/mol. The van der Waals surface area contributed by atoms with Crippen LogP contribution >= 0.6 is 27.3 Å². The van der Waals surface area contributed by atoms with Crippen molar-refractivity contribution in [2.45, 2.75) is 13.1 Å². The van der Waals surface area contributed by atoms with E-state index in [1.165, 1.54) is 17.4 Å². The van der Waals surface area contributed by atoms with Gasteiger partial charge in [0, 0.05) is 11.1 Å². The zero-order valence-electron chi connectivity index (χ0n) is 10.2. The van der Waals surface area contributed by atoms with Crippen molar-refractivity contribution < 1.29 is 18.0 Å². The second-order valence-electron chi connectivity index (χ2n) is 4.12. The van der Waals surface area contributed by atoms with E-state index in [1.807, 2.05) is 0 Å². The molecule has 0 saturated heterocycles. The van der Waals surface area contributed by atoms with Crippen LogP contribution in [-0.4, -0.2) is 5.91 Å². The highest BCUT2D eigenvalue weighted by Crippen LogP contribution is 2.32. The number of carbonyl (C=O) groups is 1. The molecule has 0 atom stereocenters. The molecule has 0 fully saturated rings. The Morgan fingerprint density at radius 3 is 2.55 bits per heavy atom. The van der Waals surface area contributed by atoms with E-state index in [4.69, 9.17) is 0 Å². The average Bonchev–Trinajstić information content (AvgIpc) is 2.77. The Labute approximate surface area is 125 Å². The minimum absolute atomic E-state index is 0.159. The molecule has 20 heavy (non-hydrogen) atoms. The highest BCUT2D eigenvalue weighted by atomic mass is 79.9. The first-order chi connectivity index (χ1) is 9.27. The molecule has 0 radical (unpaired) electrons. The van der Waals surface area contributed by atoms with Crippen LogP contribution in [0.4, 0.5) is 18.9 Å². The summed E-state index contributed by atoms with van der Waals surface area (Å²) >= 11 is 4.56. The summed E-state index contributed by atoms with van der Waals surface area (Å²) in [4.78, 5) is 11.9. The number of thiophene rings is 1. The van der Waals surface area contributed by atoms with Crippen molar-refractivity contribution in [3.05, 3.63) is 50.1 Å². The first-order valence-electron chi connectivity index (χ1n) is 5.50. The highest BCUT2D eigenvalue weighted by Gasteiger charge is 2.31. The van der Waals surface area contributed by atoms with Crippen molar-refractivity contribution in [2.75, 3.05) is 5.32 Å². The number of benzene rings is 1. The van der Waals surface area contributed by atoms with E-state index in [2.05, 4.69) is 21.2 Å². The van der Waals surface area contributed by atoms with Gasteiger partial charge in [0.1, 0.15) is 0 Å². The number of halogens is 4. The maximum atomic E-state index is 12.6. The van der Waals surface area contributed by atoms with Crippen LogP contribution in [0.5, 0.6) is 0 Å². The maximum absolute atomic E-state index is 12.6. The van der Waals surface area contributed by atoms with Crippen molar-refractivity contribution in [1.29, 1.82) is 0 Å². The fourth-order valence-corrected chi connectivity index (χ4v) is 2.69. The molecule has 0 unspecified atom stereocenters. The average molecular weight is 364 g/mol. The van der Waals surface area contributed by atoms with Gasteiger partial charge < -0.3 is 5.32 Å². The number of amides is 1. The molecule has 0 saturated carbocycles. The van der Waals surface area contributed by atoms with E-state index in [9.17, 15) is 18.0 Å². The SMILES string of the molecule is Cc1ccc(C(F)(F)F)cc1NC(=O)c1csc(Br)c1. The Balaban J connectivity index is 2.27. The summed E-state index contributed by atoms with van der Waals surface area (Å²) in [6, 6.07) is 4.88. The second-order valence-corrected chi connectivity index (χ2v) is 6.41. The first kappa shape index (κ1) is 15.1. The number of aryl methyl sites for hydroxylation is 1. The molecule has 0 aliphatic rings. The number of alkyl halides is 3. The Hall–Kier alpha value is -1.34. The van der Waals surface area contributed by atoms with Crippen molar-refractivity contribution in [2.24, 2.45) is 0 Å². The zero-order chi connectivity index (χ0) is 14.9. The minimum atomic E-state index is -4.43. The Kier molecular flexibility index (Phi) is 4.19. The van der Waals surface area contributed by atoms with Gasteiger partial charge in [-0.2, -0.15) is 13.2 Å². The summed E-state index contributed by atoms with van der Waals surface area (Å²) in [6.07, 6.45) is -4.43. The van der Waals surface area contributed by atoms with Crippen LogP contribution in [0.2, 0.25) is 0 Å². The molecule has 1 aromatic heterocycles. The van der Waals surface area contributed by atoms with Crippen molar-refractivity contribution >= 4 is 38.9 Å². The number of carbonyl (C=O) groups excluding carboxylic acids is 1. The molecule has 1 aromatic carbocycles. The van der Waals surface area contributed by atoms with Crippen LogP contribution in [0, 0.1) is 6.92 Å². The molecular formula is C13H9BrF3NOS. The smallest absolute Gasteiger partial charge is 0.322 e. The molecule has 2 aromatic rings. The Morgan fingerprint density at radius 1 is 1.30 bits per heavy atom. The number of nitrogens with one attached hydrogen (secondary N) is 1. The predicted octanol–water partition coefficient (Wildman–Crippen LogP) is 5.09. The van der Waals surface area contributed by atoms with Crippen LogP contribution in [0.1, 0.15) is 21.5 Å². The summed E-state index contributed by atoms with van der Waals surface area (Å²) in [5, 5.41) is 4.13. The van der Waals surface area contributed by atoms with Crippen molar-refractivity contribution in [1.82, 2.24) is 0 Å². The van der Waals surface area contributed by atoms with E-state index >= 15 is 0 Å². The third kappa shape index (κ3) is 3.40. The summed E-state index contributed by atoms with van der Waals surface area (Å²) in [5.41, 5.74) is 0.344. The predicted molar refractivity (Wildman–Crippen MR) is 76.2 cm³/mol. The molecule has 1 amide bonds. The lowest BCUT2D eigenvalue weighted by Gasteiger charge is -2.12. The van der Waals surface area contributed by atoms with Crippen LogP contribution in [0.15, 0.2) is 33.4 Å². The molecule has 2 nitrogen and oxygen atoms in total. The second kappa shape index (κ2) is 5.57. The van der Waals surface area contributed by atoms with E-state index in [1.54, 1.807) is 18.4 Å². The van der Waals surface area contributed by atoms with Crippen LogP contribution < -0.4 is 5.32 Å². The number of rotatable bonds is 2. The minimum Gasteiger partial charge on any atom is -0.322 e. The molecule has 7 heteroatoms. The van der Waals surface area contributed by atoms with Gasteiger partial charge >= 0.3 is 6.18 Å². The van der Waals surface area contributed by atoms with E-state index in [0.717, 1.165) is 15.9 Å². The zero-order valence-corrected chi connectivity index (χ0v) is 12.6. The largest absolute Gasteiger partial charge is 0.416 e. The highest BCUT2D eigenvalue weighted by molar-refractivity contribution is 9.11. The maximum Gasteiger partial charge on any atom is 0.416 e.